The smallest absolute Gasteiger partial charge is 0.183 e. The number of aromatic amines is 1. The highest BCUT2D eigenvalue weighted by atomic mass is 16.5. The van der Waals surface area contributed by atoms with Crippen molar-refractivity contribution < 1.29 is 9.47 Å². The van der Waals surface area contributed by atoms with Crippen LogP contribution in [0.5, 0.6) is 11.5 Å². The van der Waals surface area contributed by atoms with E-state index in [1.807, 2.05) is 18.2 Å². The number of aromatic nitrogens is 4. The second-order valence-electron chi connectivity index (χ2n) is 5.03. The number of benzene rings is 1. The van der Waals surface area contributed by atoms with E-state index in [9.17, 15) is 0 Å². The summed E-state index contributed by atoms with van der Waals surface area (Å²) < 4.78 is 10.6. The standard InChI is InChI=1S/C16H19N5O2/c1-4-5-13-20-15-14(17-9-18-15)16(21-13)19-10-6-7-11(22-2)12(8-10)23-3/h6-9H,4-5H2,1-3H3,(H2,17,18,19,20,21). The Labute approximate surface area is 134 Å². The van der Waals surface area contributed by atoms with Crippen LogP contribution in [0.2, 0.25) is 0 Å². The highest BCUT2D eigenvalue weighted by molar-refractivity contribution is 5.85. The van der Waals surface area contributed by atoms with E-state index in [0.29, 0.717) is 23.0 Å². The van der Waals surface area contributed by atoms with Crippen molar-refractivity contribution in [2.24, 2.45) is 0 Å². The number of hydrogen-bond acceptors (Lipinski definition) is 6. The zero-order valence-corrected chi connectivity index (χ0v) is 13.4. The molecule has 0 aliphatic rings. The Hall–Kier alpha value is -2.83. The second kappa shape index (κ2) is 6.51. The van der Waals surface area contributed by atoms with Gasteiger partial charge in [0.05, 0.1) is 20.5 Å². The number of ether oxygens (including phenoxy) is 2. The SMILES string of the molecule is CCCc1nc(Nc2ccc(OC)c(OC)c2)c2[nH]cnc2n1. The Morgan fingerprint density at radius 1 is 1.13 bits per heavy atom. The lowest BCUT2D eigenvalue weighted by molar-refractivity contribution is 0.355. The van der Waals surface area contributed by atoms with Crippen LogP contribution < -0.4 is 14.8 Å². The Morgan fingerprint density at radius 3 is 2.70 bits per heavy atom. The average Bonchev–Trinajstić information content (AvgIpc) is 3.04. The maximum absolute atomic E-state index is 5.33. The molecule has 2 aromatic heterocycles. The molecule has 0 fully saturated rings. The molecule has 2 heterocycles. The van der Waals surface area contributed by atoms with Crippen molar-refractivity contribution in [1.82, 2.24) is 19.9 Å². The maximum Gasteiger partial charge on any atom is 0.183 e. The zero-order chi connectivity index (χ0) is 16.2. The van der Waals surface area contributed by atoms with Gasteiger partial charge in [0.2, 0.25) is 0 Å². The summed E-state index contributed by atoms with van der Waals surface area (Å²) in [7, 11) is 3.22. The average molecular weight is 313 g/mol. The molecule has 0 spiro atoms. The minimum absolute atomic E-state index is 0.654. The summed E-state index contributed by atoms with van der Waals surface area (Å²) in [5.41, 5.74) is 2.28. The monoisotopic (exact) mass is 313 g/mol. The fraction of sp³-hybridized carbons (Fsp3) is 0.312. The van der Waals surface area contributed by atoms with Crippen molar-refractivity contribution in [2.45, 2.75) is 19.8 Å². The number of aryl methyl sites for hydroxylation is 1. The first-order valence-corrected chi connectivity index (χ1v) is 7.44. The van der Waals surface area contributed by atoms with Crippen molar-refractivity contribution in [2.75, 3.05) is 19.5 Å². The van der Waals surface area contributed by atoms with Crippen molar-refractivity contribution in [3.8, 4) is 11.5 Å². The van der Waals surface area contributed by atoms with Crippen LogP contribution in [-0.2, 0) is 6.42 Å². The van der Waals surface area contributed by atoms with Gasteiger partial charge in [0.15, 0.2) is 23.0 Å². The van der Waals surface area contributed by atoms with Gasteiger partial charge in [-0.3, -0.25) is 0 Å². The number of H-pyrrole nitrogens is 1. The van der Waals surface area contributed by atoms with E-state index in [1.54, 1.807) is 20.5 Å². The van der Waals surface area contributed by atoms with Crippen molar-refractivity contribution in [1.29, 1.82) is 0 Å². The third-order valence-corrected chi connectivity index (χ3v) is 3.45. The van der Waals surface area contributed by atoms with Crippen molar-refractivity contribution >= 4 is 22.7 Å². The number of hydrogen-bond donors (Lipinski definition) is 2. The Bertz CT molecular complexity index is 815. The van der Waals surface area contributed by atoms with E-state index < -0.39 is 0 Å². The molecule has 3 aromatic rings. The number of fused-ring (bicyclic) bond motifs is 1. The lowest BCUT2D eigenvalue weighted by Gasteiger charge is -2.11. The Balaban J connectivity index is 1.98. The Morgan fingerprint density at radius 2 is 1.96 bits per heavy atom. The van der Waals surface area contributed by atoms with E-state index in [0.717, 1.165) is 29.9 Å². The molecule has 0 bridgehead atoms. The largest absolute Gasteiger partial charge is 0.493 e. The van der Waals surface area contributed by atoms with Crippen molar-refractivity contribution in [3.63, 3.8) is 0 Å². The number of methoxy groups -OCH3 is 2. The minimum Gasteiger partial charge on any atom is -0.493 e. The molecule has 7 heteroatoms. The normalized spacial score (nSPS) is 10.7. The van der Waals surface area contributed by atoms with Crippen LogP contribution in [0.3, 0.4) is 0 Å². The summed E-state index contributed by atoms with van der Waals surface area (Å²) in [5.74, 6) is 2.80. The Kier molecular flexibility index (Phi) is 4.27. The first-order valence-electron chi connectivity index (χ1n) is 7.44. The van der Waals surface area contributed by atoms with Crippen LogP contribution in [0.1, 0.15) is 19.2 Å². The molecular formula is C16H19N5O2. The fourth-order valence-corrected chi connectivity index (χ4v) is 2.35. The van der Waals surface area contributed by atoms with Gasteiger partial charge in [0.1, 0.15) is 11.3 Å². The third-order valence-electron chi connectivity index (χ3n) is 3.45. The van der Waals surface area contributed by atoms with Gasteiger partial charge in [0, 0.05) is 18.2 Å². The lowest BCUT2D eigenvalue weighted by Crippen LogP contribution is -2.02. The van der Waals surface area contributed by atoms with E-state index in [2.05, 4.69) is 32.2 Å². The third kappa shape index (κ3) is 3.03. The predicted octanol–water partition coefficient (Wildman–Crippen LogP) is 3.07. The minimum atomic E-state index is 0.654. The van der Waals surface area contributed by atoms with Crippen LogP contribution in [0.15, 0.2) is 24.5 Å². The van der Waals surface area contributed by atoms with Gasteiger partial charge in [-0.1, -0.05) is 6.92 Å². The molecule has 0 radical (unpaired) electrons. The van der Waals surface area contributed by atoms with Crippen LogP contribution in [-0.4, -0.2) is 34.2 Å². The summed E-state index contributed by atoms with van der Waals surface area (Å²) in [6.45, 7) is 2.10. The van der Waals surface area contributed by atoms with Gasteiger partial charge >= 0.3 is 0 Å². The van der Waals surface area contributed by atoms with Gasteiger partial charge in [-0.25, -0.2) is 15.0 Å². The van der Waals surface area contributed by atoms with E-state index in [-0.39, 0.29) is 0 Å². The molecule has 0 atom stereocenters. The topological polar surface area (TPSA) is 85.0 Å². The molecule has 0 aliphatic carbocycles. The molecule has 2 N–H and O–H groups in total. The van der Waals surface area contributed by atoms with Gasteiger partial charge in [-0.05, 0) is 18.6 Å². The molecule has 1 aromatic carbocycles. The first-order chi connectivity index (χ1) is 11.2. The van der Waals surface area contributed by atoms with E-state index in [4.69, 9.17) is 9.47 Å². The number of rotatable bonds is 6. The summed E-state index contributed by atoms with van der Waals surface area (Å²) in [5, 5.41) is 3.30. The van der Waals surface area contributed by atoms with Gasteiger partial charge in [-0.15, -0.1) is 0 Å². The molecule has 0 amide bonds. The van der Waals surface area contributed by atoms with Gasteiger partial charge in [0.25, 0.3) is 0 Å². The van der Waals surface area contributed by atoms with Crippen LogP contribution in [0.25, 0.3) is 11.2 Å². The molecule has 0 unspecified atom stereocenters. The number of anilines is 2. The lowest BCUT2D eigenvalue weighted by atomic mass is 10.2. The van der Waals surface area contributed by atoms with E-state index >= 15 is 0 Å². The molecular weight excluding hydrogens is 294 g/mol. The van der Waals surface area contributed by atoms with E-state index in [1.165, 1.54) is 0 Å². The molecule has 7 nitrogen and oxygen atoms in total. The summed E-state index contributed by atoms with van der Waals surface area (Å²) in [6.07, 6.45) is 3.41. The quantitative estimate of drug-likeness (QED) is 0.727. The van der Waals surface area contributed by atoms with Crippen molar-refractivity contribution in [3.05, 3.63) is 30.4 Å². The predicted molar refractivity (Wildman–Crippen MR) is 88.5 cm³/mol. The second-order valence-corrected chi connectivity index (χ2v) is 5.03. The van der Waals surface area contributed by atoms with Crippen LogP contribution in [0, 0.1) is 0 Å². The molecule has 120 valence electrons. The maximum atomic E-state index is 5.33. The fourth-order valence-electron chi connectivity index (χ4n) is 2.35. The number of nitrogens with one attached hydrogen (secondary N) is 2. The molecule has 3 rings (SSSR count). The first kappa shape index (κ1) is 15.1. The highest BCUT2D eigenvalue weighted by Gasteiger charge is 2.11. The zero-order valence-electron chi connectivity index (χ0n) is 13.4. The van der Waals surface area contributed by atoms with Gasteiger partial charge < -0.3 is 19.8 Å². The summed E-state index contributed by atoms with van der Waals surface area (Å²) in [6, 6.07) is 5.62. The number of imidazole rings is 1. The summed E-state index contributed by atoms with van der Waals surface area (Å²) >= 11 is 0. The number of nitrogens with zero attached hydrogens (tertiary/aromatic N) is 3. The van der Waals surface area contributed by atoms with Crippen LogP contribution >= 0.6 is 0 Å². The molecule has 0 saturated heterocycles. The molecule has 0 saturated carbocycles. The van der Waals surface area contributed by atoms with Crippen LogP contribution in [0.4, 0.5) is 11.5 Å². The van der Waals surface area contributed by atoms with Gasteiger partial charge in [-0.2, -0.15) is 0 Å². The highest BCUT2D eigenvalue weighted by Crippen LogP contribution is 2.31. The molecule has 23 heavy (non-hydrogen) atoms. The molecule has 0 aliphatic heterocycles. The summed E-state index contributed by atoms with van der Waals surface area (Å²) in [4.78, 5) is 16.3.